The summed E-state index contributed by atoms with van der Waals surface area (Å²) in [5.74, 6) is -0.0567. The van der Waals surface area contributed by atoms with Crippen molar-refractivity contribution >= 4 is 12.8 Å². The Bertz CT molecular complexity index is 254. The molecule has 0 amide bonds. The zero-order valence-electron chi connectivity index (χ0n) is 12.0. The van der Waals surface area contributed by atoms with Gasteiger partial charge in [0.1, 0.15) is 0 Å². The van der Waals surface area contributed by atoms with Crippen molar-refractivity contribution in [3.05, 3.63) is 0 Å². The van der Waals surface area contributed by atoms with Gasteiger partial charge in [0.2, 0.25) is 0 Å². The Balaban J connectivity index is 3.08. The van der Waals surface area contributed by atoms with Crippen LogP contribution >= 0.6 is 6.83 Å². The third-order valence-electron chi connectivity index (χ3n) is 5.15. The zero-order chi connectivity index (χ0) is 13.0. The second kappa shape index (κ2) is 5.69. The molecule has 0 unspecified atom stereocenters. The molecule has 0 aromatic heterocycles. The molecule has 1 fully saturated rings. The molecular weight excluding hydrogens is 231 g/mol. The first-order valence-corrected chi connectivity index (χ1v) is 10.0. The fraction of sp³-hybridized carbons (Fsp3) is 0.929. The van der Waals surface area contributed by atoms with Crippen molar-refractivity contribution in [2.45, 2.75) is 65.5 Å². The quantitative estimate of drug-likeness (QED) is 0.684. The number of carbonyl (C=O) groups is 1. The van der Waals surface area contributed by atoms with Crippen molar-refractivity contribution in [1.82, 2.24) is 0 Å². The summed E-state index contributed by atoms with van der Waals surface area (Å²) in [7, 11) is 0. The van der Waals surface area contributed by atoms with E-state index >= 15 is 0 Å². The molecule has 0 N–H and O–H groups in total. The fourth-order valence-corrected chi connectivity index (χ4v) is 9.59. The number of hydrogen-bond acceptors (Lipinski definition) is 2. The van der Waals surface area contributed by atoms with Gasteiger partial charge < -0.3 is 0 Å². The second-order valence-electron chi connectivity index (χ2n) is 5.53. The zero-order valence-corrected chi connectivity index (χ0v) is 12.9. The molecule has 1 saturated carbocycles. The SMILES string of the molecule is CCP(CC)(CC)(OC(C)=O)C1CCCCC1. The molecule has 2 nitrogen and oxygen atoms in total. The summed E-state index contributed by atoms with van der Waals surface area (Å²) in [5.41, 5.74) is 0.679. The van der Waals surface area contributed by atoms with Crippen LogP contribution < -0.4 is 0 Å². The Morgan fingerprint density at radius 3 is 1.88 bits per heavy atom. The minimum atomic E-state index is -2.26. The predicted molar refractivity (Wildman–Crippen MR) is 77.2 cm³/mol. The van der Waals surface area contributed by atoms with Crippen molar-refractivity contribution in [3.63, 3.8) is 0 Å². The molecule has 0 spiro atoms. The Labute approximate surface area is 107 Å². The Morgan fingerprint density at radius 2 is 1.53 bits per heavy atom. The molecule has 17 heavy (non-hydrogen) atoms. The standard InChI is InChI=1S/C14H29O2P/c1-5-17(6-2,7-3,16-13(4)15)14-11-9-8-10-12-14/h14H,5-12H2,1-4H3. The van der Waals surface area contributed by atoms with Crippen LogP contribution in [0.2, 0.25) is 0 Å². The monoisotopic (exact) mass is 260 g/mol. The van der Waals surface area contributed by atoms with Gasteiger partial charge in [-0.2, -0.15) is 0 Å². The molecule has 0 aromatic carbocycles. The number of rotatable bonds is 5. The van der Waals surface area contributed by atoms with Gasteiger partial charge in [0.15, 0.2) is 0 Å². The van der Waals surface area contributed by atoms with E-state index in [4.69, 9.17) is 4.52 Å². The van der Waals surface area contributed by atoms with Crippen molar-refractivity contribution in [2.75, 3.05) is 18.5 Å². The van der Waals surface area contributed by atoms with Crippen LogP contribution in [0.4, 0.5) is 0 Å². The summed E-state index contributed by atoms with van der Waals surface area (Å²) < 4.78 is 6.10. The molecule has 0 aromatic rings. The van der Waals surface area contributed by atoms with E-state index < -0.39 is 6.83 Å². The topological polar surface area (TPSA) is 26.3 Å². The third kappa shape index (κ3) is 2.67. The van der Waals surface area contributed by atoms with Gasteiger partial charge in [-0.05, 0) is 0 Å². The van der Waals surface area contributed by atoms with Gasteiger partial charge in [-0.15, -0.1) is 0 Å². The van der Waals surface area contributed by atoms with Crippen LogP contribution in [0, 0.1) is 0 Å². The van der Waals surface area contributed by atoms with Gasteiger partial charge in [0.25, 0.3) is 0 Å². The molecule has 0 atom stereocenters. The van der Waals surface area contributed by atoms with Crippen LogP contribution in [0.1, 0.15) is 59.8 Å². The van der Waals surface area contributed by atoms with E-state index in [-0.39, 0.29) is 5.97 Å². The first kappa shape index (κ1) is 15.0. The van der Waals surface area contributed by atoms with Crippen LogP contribution in [0.15, 0.2) is 0 Å². The molecule has 1 aliphatic rings. The average molecular weight is 260 g/mol. The molecule has 102 valence electrons. The third-order valence-corrected chi connectivity index (χ3v) is 12.8. The summed E-state index contributed by atoms with van der Waals surface area (Å²) in [6.07, 6.45) is 9.78. The van der Waals surface area contributed by atoms with Gasteiger partial charge in [-0.3, -0.25) is 0 Å². The molecular formula is C14H29O2P. The second-order valence-corrected chi connectivity index (χ2v) is 11.8. The average Bonchev–Trinajstić information content (AvgIpc) is 2.37. The Morgan fingerprint density at radius 1 is 1.06 bits per heavy atom. The van der Waals surface area contributed by atoms with Gasteiger partial charge in [0.05, 0.1) is 0 Å². The summed E-state index contributed by atoms with van der Waals surface area (Å²) in [4.78, 5) is 11.6. The molecule has 3 heteroatoms. The maximum atomic E-state index is 11.6. The molecule has 1 rings (SSSR count). The van der Waals surface area contributed by atoms with Crippen LogP contribution in [0.5, 0.6) is 0 Å². The molecule has 0 radical (unpaired) electrons. The summed E-state index contributed by atoms with van der Waals surface area (Å²) in [6.45, 7) is 6.04. The van der Waals surface area contributed by atoms with Crippen LogP contribution in [-0.2, 0) is 9.32 Å². The normalized spacial score (nSPS) is 20.6. The van der Waals surface area contributed by atoms with E-state index in [1.807, 2.05) is 0 Å². The van der Waals surface area contributed by atoms with Crippen molar-refractivity contribution < 1.29 is 9.32 Å². The summed E-state index contributed by atoms with van der Waals surface area (Å²) in [5, 5.41) is 0. The first-order valence-electron chi connectivity index (χ1n) is 7.24. The van der Waals surface area contributed by atoms with Crippen LogP contribution in [0.25, 0.3) is 0 Å². The number of carbonyl (C=O) groups excluding carboxylic acids is 1. The molecule has 1 aliphatic carbocycles. The van der Waals surface area contributed by atoms with Gasteiger partial charge in [-0.25, -0.2) is 0 Å². The maximum absolute atomic E-state index is 11.6. The van der Waals surface area contributed by atoms with E-state index in [1.54, 1.807) is 6.92 Å². The van der Waals surface area contributed by atoms with Crippen molar-refractivity contribution in [3.8, 4) is 0 Å². The van der Waals surface area contributed by atoms with E-state index in [2.05, 4.69) is 20.8 Å². The van der Waals surface area contributed by atoms with Gasteiger partial charge in [0, 0.05) is 0 Å². The van der Waals surface area contributed by atoms with E-state index in [1.165, 1.54) is 32.1 Å². The molecule has 0 saturated heterocycles. The predicted octanol–water partition coefficient (Wildman–Crippen LogP) is 4.41. The van der Waals surface area contributed by atoms with E-state index in [9.17, 15) is 4.79 Å². The molecule has 0 aliphatic heterocycles. The van der Waals surface area contributed by atoms with E-state index in [0.717, 1.165) is 18.5 Å². The van der Waals surface area contributed by atoms with Crippen LogP contribution in [0.3, 0.4) is 0 Å². The number of hydrogen-bond donors (Lipinski definition) is 0. The summed E-state index contributed by atoms with van der Waals surface area (Å²) >= 11 is 0. The Hall–Kier alpha value is -0.100. The van der Waals surface area contributed by atoms with Crippen LogP contribution in [-0.4, -0.2) is 30.1 Å². The molecule has 0 bridgehead atoms. The van der Waals surface area contributed by atoms with Crippen molar-refractivity contribution in [1.29, 1.82) is 0 Å². The fourth-order valence-electron chi connectivity index (χ4n) is 3.79. The van der Waals surface area contributed by atoms with Crippen molar-refractivity contribution in [2.24, 2.45) is 0 Å². The van der Waals surface area contributed by atoms with Gasteiger partial charge in [-0.1, -0.05) is 0 Å². The molecule has 0 heterocycles. The van der Waals surface area contributed by atoms with Gasteiger partial charge >= 0.3 is 106 Å². The Kier molecular flexibility index (Phi) is 5.01. The first-order chi connectivity index (χ1) is 8.02. The van der Waals surface area contributed by atoms with E-state index in [0.29, 0.717) is 5.66 Å². The summed E-state index contributed by atoms with van der Waals surface area (Å²) in [6, 6.07) is 0. The minimum absolute atomic E-state index is 0.0567.